The van der Waals surface area contributed by atoms with E-state index in [9.17, 15) is 35.1 Å². The van der Waals surface area contributed by atoms with E-state index in [2.05, 4.69) is 99.0 Å². The van der Waals surface area contributed by atoms with Gasteiger partial charge in [-0.05, 0) is 96.3 Å². The van der Waals surface area contributed by atoms with Crippen molar-refractivity contribution in [2.24, 2.45) is 0 Å². The number of allylic oxidation sites excluding steroid dienone is 13. The molecule has 1 rings (SSSR count). The first kappa shape index (κ1) is 74.9. The van der Waals surface area contributed by atoms with Gasteiger partial charge in [0.2, 0.25) is 5.91 Å². The second kappa shape index (κ2) is 56.3. The van der Waals surface area contributed by atoms with Gasteiger partial charge in [-0.1, -0.05) is 260 Å². The van der Waals surface area contributed by atoms with E-state index >= 15 is 0 Å². The Kier molecular flexibility index (Phi) is 52.7. The Bertz CT molecular complexity index is 1620. The smallest absolute Gasteiger partial charge is 0.306 e. The number of amides is 1. The fourth-order valence-corrected chi connectivity index (χ4v) is 9.85. The van der Waals surface area contributed by atoms with E-state index in [4.69, 9.17) is 14.2 Å². The summed E-state index contributed by atoms with van der Waals surface area (Å²) in [6.07, 6.45) is 63.3. The highest BCUT2D eigenvalue weighted by molar-refractivity contribution is 5.80. The van der Waals surface area contributed by atoms with Crippen molar-refractivity contribution < 1.29 is 49.3 Å². The van der Waals surface area contributed by atoms with Crippen molar-refractivity contribution in [2.45, 2.75) is 327 Å². The second-order valence-electron chi connectivity index (χ2n) is 22.5. The highest BCUT2D eigenvalue weighted by Gasteiger charge is 2.47. The minimum atomic E-state index is -1.62. The zero-order chi connectivity index (χ0) is 58.2. The number of nitrogens with one attached hydrogen (secondary N) is 1. The zero-order valence-corrected chi connectivity index (χ0v) is 51.2. The number of rotatable bonds is 55. The fraction of sp³-hybridized carbons (Fsp3) is 0.768. The van der Waals surface area contributed by atoms with Crippen molar-refractivity contribution in [3.05, 3.63) is 85.1 Å². The van der Waals surface area contributed by atoms with Gasteiger partial charge < -0.3 is 45.1 Å². The third kappa shape index (κ3) is 43.5. The summed E-state index contributed by atoms with van der Waals surface area (Å²) in [7, 11) is 0. The summed E-state index contributed by atoms with van der Waals surface area (Å²) in [5.41, 5.74) is 0. The van der Waals surface area contributed by atoms with E-state index < -0.39 is 67.4 Å². The van der Waals surface area contributed by atoms with E-state index in [1.165, 1.54) is 128 Å². The lowest BCUT2D eigenvalue weighted by Crippen LogP contribution is -2.61. The van der Waals surface area contributed by atoms with E-state index in [1.54, 1.807) is 6.08 Å². The molecule has 1 aliphatic heterocycles. The lowest BCUT2D eigenvalue weighted by atomic mass is 9.99. The van der Waals surface area contributed by atoms with Gasteiger partial charge in [0.25, 0.3) is 0 Å². The molecule has 80 heavy (non-hydrogen) atoms. The number of carbonyl (C=O) groups is 2. The molecule has 0 aromatic carbocycles. The Labute approximate surface area is 489 Å². The molecule has 462 valence electrons. The highest BCUT2D eigenvalue weighted by Crippen LogP contribution is 2.26. The average Bonchev–Trinajstić information content (AvgIpc) is 3.45. The van der Waals surface area contributed by atoms with E-state index in [0.717, 1.165) is 103 Å². The van der Waals surface area contributed by atoms with Gasteiger partial charge in [-0.25, -0.2) is 0 Å². The molecule has 0 aromatic heterocycles. The summed E-state index contributed by atoms with van der Waals surface area (Å²) in [4.78, 5) is 26.6. The lowest BCUT2D eigenvalue weighted by Gasteiger charge is -2.41. The Balaban J connectivity index is 2.62. The number of carbonyl (C=O) groups excluding carboxylic acids is 2. The van der Waals surface area contributed by atoms with Gasteiger partial charge in [0.1, 0.15) is 24.4 Å². The molecule has 6 N–H and O–H groups in total. The SMILES string of the molecule is CC/C=C\C/C=C\C/C=C\C/C=C\C/C=C\CCCCCCCCCCCC(=O)OC1C(OCC(NC(=O)C(O)CCCC/C=C\CCCCCCCCC)C(O)/C=C/CCCCCCCCCCCCC)OC(CO)C(O)C1O. The van der Waals surface area contributed by atoms with Gasteiger partial charge in [-0.3, -0.25) is 9.59 Å². The second-order valence-corrected chi connectivity index (χ2v) is 22.5. The molecule has 0 aromatic rings. The number of aliphatic hydroxyl groups excluding tert-OH is 5. The number of unbranched alkanes of at least 4 members (excludes halogenated alkanes) is 29. The molecule has 8 atom stereocenters. The van der Waals surface area contributed by atoms with Crippen molar-refractivity contribution in [1.29, 1.82) is 0 Å². The number of ether oxygens (including phenoxy) is 3. The third-order valence-electron chi connectivity index (χ3n) is 15.0. The predicted octanol–water partition coefficient (Wildman–Crippen LogP) is 16.1. The van der Waals surface area contributed by atoms with Crippen molar-refractivity contribution in [1.82, 2.24) is 5.32 Å². The molecular formula is C69H121NO10. The maximum absolute atomic E-state index is 13.4. The van der Waals surface area contributed by atoms with Crippen LogP contribution in [0.5, 0.6) is 0 Å². The summed E-state index contributed by atoms with van der Waals surface area (Å²) in [6.45, 7) is 5.67. The Hall–Kier alpha value is -3.16. The molecule has 0 spiro atoms. The van der Waals surface area contributed by atoms with Crippen molar-refractivity contribution >= 4 is 11.9 Å². The molecular weight excluding hydrogens is 1000 g/mol. The molecule has 11 heteroatoms. The van der Waals surface area contributed by atoms with Gasteiger partial charge in [-0.2, -0.15) is 0 Å². The van der Waals surface area contributed by atoms with Crippen molar-refractivity contribution in [3.63, 3.8) is 0 Å². The normalized spacial score (nSPS) is 19.3. The summed E-state index contributed by atoms with van der Waals surface area (Å²) >= 11 is 0. The lowest BCUT2D eigenvalue weighted by molar-refractivity contribution is -0.305. The van der Waals surface area contributed by atoms with Crippen LogP contribution in [0.25, 0.3) is 0 Å². The van der Waals surface area contributed by atoms with Crippen LogP contribution in [0.2, 0.25) is 0 Å². The molecule has 0 aliphatic carbocycles. The molecule has 1 aliphatic rings. The fourth-order valence-electron chi connectivity index (χ4n) is 9.85. The zero-order valence-electron chi connectivity index (χ0n) is 51.2. The van der Waals surface area contributed by atoms with E-state index in [-0.39, 0.29) is 19.4 Å². The van der Waals surface area contributed by atoms with Crippen LogP contribution in [0, 0.1) is 0 Å². The van der Waals surface area contributed by atoms with Crippen LogP contribution in [0.4, 0.5) is 0 Å². The van der Waals surface area contributed by atoms with Crippen LogP contribution in [-0.4, -0.2) is 99.6 Å². The van der Waals surface area contributed by atoms with Crippen LogP contribution in [0.3, 0.4) is 0 Å². The number of hydrogen-bond acceptors (Lipinski definition) is 10. The van der Waals surface area contributed by atoms with E-state index in [0.29, 0.717) is 12.8 Å². The first-order valence-corrected chi connectivity index (χ1v) is 32.9. The van der Waals surface area contributed by atoms with Crippen LogP contribution in [0.1, 0.15) is 278 Å². The molecule has 0 bridgehead atoms. The molecule has 1 heterocycles. The maximum atomic E-state index is 13.4. The third-order valence-corrected chi connectivity index (χ3v) is 15.0. The first-order valence-electron chi connectivity index (χ1n) is 32.9. The van der Waals surface area contributed by atoms with Crippen LogP contribution < -0.4 is 5.32 Å². The van der Waals surface area contributed by atoms with Gasteiger partial charge in [0, 0.05) is 6.42 Å². The highest BCUT2D eigenvalue weighted by atomic mass is 16.7. The molecule has 1 saturated heterocycles. The predicted molar refractivity (Wildman–Crippen MR) is 333 cm³/mol. The number of hydrogen-bond donors (Lipinski definition) is 6. The summed E-state index contributed by atoms with van der Waals surface area (Å²) < 4.78 is 17.6. The van der Waals surface area contributed by atoms with Gasteiger partial charge in [-0.15, -0.1) is 0 Å². The molecule has 0 saturated carbocycles. The largest absolute Gasteiger partial charge is 0.454 e. The van der Waals surface area contributed by atoms with Crippen LogP contribution in [-0.2, 0) is 23.8 Å². The van der Waals surface area contributed by atoms with E-state index in [1.807, 2.05) is 6.08 Å². The maximum Gasteiger partial charge on any atom is 0.306 e. The summed E-state index contributed by atoms with van der Waals surface area (Å²) in [5.74, 6) is -1.22. The topological polar surface area (TPSA) is 175 Å². The Morgan fingerprint density at radius 1 is 0.500 bits per heavy atom. The Morgan fingerprint density at radius 3 is 1.36 bits per heavy atom. The molecule has 8 unspecified atom stereocenters. The van der Waals surface area contributed by atoms with Crippen LogP contribution in [0.15, 0.2) is 85.1 Å². The molecule has 1 fully saturated rings. The first-order chi connectivity index (χ1) is 39.2. The molecule has 11 nitrogen and oxygen atoms in total. The summed E-state index contributed by atoms with van der Waals surface area (Å²) in [5, 5.41) is 57.0. The minimum absolute atomic E-state index is 0.111. The van der Waals surface area contributed by atoms with Gasteiger partial charge >= 0.3 is 5.97 Å². The molecule has 1 amide bonds. The van der Waals surface area contributed by atoms with Gasteiger partial charge in [0.15, 0.2) is 12.4 Å². The van der Waals surface area contributed by atoms with Crippen LogP contribution >= 0.6 is 0 Å². The molecule has 0 radical (unpaired) electrons. The minimum Gasteiger partial charge on any atom is -0.454 e. The summed E-state index contributed by atoms with van der Waals surface area (Å²) in [6, 6.07) is -1.04. The van der Waals surface area contributed by atoms with Crippen molar-refractivity contribution in [2.75, 3.05) is 13.2 Å². The standard InChI is InChI=1S/C69H121NO10/c1-4-7-10-13-16-19-22-25-26-27-28-29-30-31-32-33-34-35-36-39-42-45-48-51-54-57-64(74)80-67-66(76)65(75)63(58-71)79-69(67)78-59-60(61(72)55-52-49-46-43-40-37-23-20-17-14-11-8-5-2)70-68(77)62(73)56-53-50-47-44-41-38-24-21-18-15-12-9-6-3/h7,10,16,19,25-26,28-29,31-32,41,44,52,55,60-63,65-67,69,71-73,75-76H,4-6,8-9,11-15,17-18,20-24,27,30,33-40,42-43,45-51,53-54,56-59H2,1-3H3,(H,70,77)/b10-7-,19-16-,26-25-,29-28-,32-31-,44-41-,55-52+. The average molecular weight is 1120 g/mol. The monoisotopic (exact) mass is 1120 g/mol. The quantitative estimate of drug-likeness (QED) is 0.0195. The Morgan fingerprint density at radius 2 is 0.900 bits per heavy atom. The number of aliphatic hydroxyl groups is 5. The van der Waals surface area contributed by atoms with Crippen molar-refractivity contribution in [3.8, 4) is 0 Å². The van der Waals surface area contributed by atoms with Gasteiger partial charge in [0.05, 0.1) is 25.4 Å². The number of esters is 1.